The molecule has 0 radical (unpaired) electrons. The molecule has 110 valence electrons. The number of nitrogens with one attached hydrogen (secondary N) is 2. The number of rotatable bonds is 4. The molecule has 0 spiro atoms. The van der Waals surface area contributed by atoms with Crippen molar-refractivity contribution >= 4 is 21.6 Å². The van der Waals surface area contributed by atoms with Gasteiger partial charge in [0.15, 0.2) is 15.7 Å². The largest absolute Gasteiger partial charge is 0.366 e. The number of sulfone groups is 1. The second-order valence-corrected chi connectivity index (χ2v) is 7.76. The summed E-state index contributed by atoms with van der Waals surface area (Å²) in [6.45, 7) is 0. The molecule has 2 fully saturated rings. The molecule has 20 heavy (non-hydrogen) atoms. The van der Waals surface area contributed by atoms with Crippen LogP contribution in [0.3, 0.4) is 0 Å². The predicted octanol–water partition coefficient (Wildman–Crippen LogP) is 0.825. The van der Waals surface area contributed by atoms with Crippen molar-refractivity contribution in [2.45, 2.75) is 44.2 Å². The summed E-state index contributed by atoms with van der Waals surface area (Å²) in [6.07, 6.45) is 7.03. The van der Waals surface area contributed by atoms with Crippen molar-refractivity contribution < 1.29 is 8.42 Å². The molecule has 0 bridgehead atoms. The van der Waals surface area contributed by atoms with Crippen LogP contribution >= 0.6 is 0 Å². The van der Waals surface area contributed by atoms with Gasteiger partial charge >= 0.3 is 0 Å². The van der Waals surface area contributed by atoms with Crippen LogP contribution in [0.4, 0.5) is 11.8 Å². The molecule has 1 atom stereocenters. The average Bonchev–Trinajstić information content (AvgIpc) is 3.00. The van der Waals surface area contributed by atoms with Gasteiger partial charge in [0.05, 0.1) is 17.7 Å². The van der Waals surface area contributed by atoms with E-state index in [-0.39, 0.29) is 17.5 Å². The topological polar surface area (TPSA) is 96.9 Å². The first-order valence-corrected chi connectivity index (χ1v) is 8.86. The monoisotopic (exact) mass is 297 g/mol. The first kappa shape index (κ1) is 13.5. The molecule has 1 aromatic rings. The molecular formula is C12H19N5O2S. The molecule has 1 aliphatic heterocycles. The third kappa shape index (κ3) is 3.36. The predicted molar refractivity (Wildman–Crippen MR) is 76.4 cm³/mol. The van der Waals surface area contributed by atoms with Crippen LogP contribution < -0.4 is 10.6 Å². The Morgan fingerprint density at radius 2 is 1.90 bits per heavy atom. The Balaban J connectivity index is 1.62. The van der Waals surface area contributed by atoms with Crippen molar-refractivity contribution in [2.24, 2.45) is 0 Å². The van der Waals surface area contributed by atoms with Gasteiger partial charge in [0.25, 0.3) is 0 Å². The van der Waals surface area contributed by atoms with Gasteiger partial charge in [-0.2, -0.15) is 10.1 Å². The molecule has 7 nitrogen and oxygen atoms in total. The van der Waals surface area contributed by atoms with E-state index in [4.69, 9.17) is 0 Å². The van der Waals surface area contributed by atoms with Gasteiger partial charge in [-0.3, -0.25) is 0 Å². The summed E-state index contributed by atoms with van der Waals surface area (Å²) in [4.78, 5) is 4.36. The second-order valence-electron chi connectivity index (χ2n) is 5.54. The summed E-state index contributed by atoms with van der Waals surface area (Å²) in [5.41, 5.74) is 0. The van der Waals surface area contributed by atoms with Crippen LogP contribution in [-0.4, -0.2) is 47.2 Å². The van der Waals surface area contributed by atoms with Gasteiger partial charge in [0.1, 0.15) is 0 Å². The normalized spacial score (nSPS) is 25.7. The molecule has 8 heteroatoms. The van der Waals surface area contributed by atoms with E-state index in [1.54, 1.807) is 6.20 Å². The molecular weight excluding hydrogens is 278 g/mol. The lowest BCUT2D eigenvalue weighted by atomic mass is 10.2. The lowest BCUT2D eigenvalue weighted by Crippen LogP contribution is -2.23. The van der Waals surface area contributed by atoms with Crippen LogP contribution in [0, 0.1) is 0 Å². The van der Waals surface area contributed by atoms with Crippen LogP contribution in [0.15, 0.2) is 6.20 Å². The third-order valence-corrected chi connectivity index (χ3v) is 5.60. The van der Waals surface area contributed by atoms with Gasteiger partial charge < -0.3 is 10.6 Å². The molecule has 2 heterocycles. The molecule has 1 aliphatic carbocycles. The number of nitrogens with zero attached hydrogens (tertiary/aromatic N) is 3. The summed E-state index contributed by atoms with van der Waals surface area (Å²) < 4.78 is 22.8. The zero-order valence-electron chi connectivity index (χ0n) is 11.2. The Morgan fingerprint density at radius 1 is 1.10 bits per heavy atom. The Morgan fingerprint density at radius 3 is 2.60 bits per heavy atom. The van der Waals surface area contributed by atoms with Gasteiger partial charge in [0.2, 0.25) is 5.95 Å². The van der Waals surface area contributed by atoms with Crippen LogP contribution in [0.25, 0.3) is 0 Å². The summed E-state index contributed by atoms with van der Waals surface area (Å²) in [5.74, 6) is 1.49. The number of aromatic nitrogens is 3. The second kappa shape index (κ2) is 5.51. The maximum Gasteiger partial charge on any atom is 0.244 e. The molecule has 3 rings (SSSR count). The van der Waals surface area contributed by atoms with Gasteiger partial charge in [-0.05, 0) is 19.3 Å². The fraction of sp³-hybridized carbons (Fsp3) is 0.750. The minimum Gasteiger partial charge on any atom is -0.366 e. The molecule has 1 unspecified atom stereocenters. The zero-order valence-corrected chi connectivity index (χ0v) is 12.1. The summed E-state index contributed by atoms with van der Waals surface area (Å²) in [5, 5.41) is 14.2. The molecule has 0 amide bonds. The lowest BCUT2D eigenvalue weighted by molar-refractivity contribution is 0.602. The number of hydrogen-bond acceptors (Lipinski definition) is 7. The molecule has 2 N–H and O–H groups in total. The van der Waals surface area contributed by atoms with Crippen molar-refractivity contribution in [3.8, 4) is 0 Å². The SMILES string of the molecule is O=S1(=O)CCC(Nc2nncc(NC3CCCC3)n2)C1. The lowest BCUT2D eigenvalue weighted by Gasteiger charge is -2.14. The first-order valence-electron chi connectivity index (χ1n) is 7.04. The average molecular weight is 297 g/mol. The van der Waals surface area contributed by atoms with Crippen molar-refractivity contribution in [1.29, 1.82) is 0 Å². The van der Waals surface area contributed by atoms with Gasteiger partial charge in [0, 0.05) is 12.1 Å². The maximum atomic E-state index is 11.4. The maximum absolute atomic E-state index is 11.4. The fourth-order valence-electron chi connectivity index (χ4n) is 2.80. The molecule has 1 saturated heterocycles. The third-order valence-electron chi connectivity index (χ3n) is 3.83. The quantitative estimate of drug-likeness (QED) is 0.849. The highest BCUT2D eigenvalue weighted by Crippen LogP contribution is 2.21. The van der Waals surface area contributed by atoms with Crippen LogP contribution in [0.2, 0.25) is 0 Å². The molecule has 2 aliphatic rings. The van der Waals surface area contributed by atoms with Crippen LogP contribution in [0.1, 0.15) is 32.1 Å². The minimum atomic E-state index is -2.90. The van der Waals surface area contributed by atoms with E-state index in [0.717, 1.165) is 12.8 Å². The van der Waals surface area contributed by atoms with Crippen molar-refractivity contribution in [2.75, 3.05) is 22.1 Å². The van der Waals surface area contributed by atoms with Gasteiger partial charge in [-0.25, -0.2) is 8.42 Å². The molecule has 0 aromatic carbocycles. The van der Waals surface area contributed by atoms with E-state index >= 15 is 0 Å². The smallest absolute Gasteiger partial charge is 0.244 e. The van der Waals surface area contributed by atoms with Crippen molar-refractivity contribution in [1.82, 2.24) is 15.2 Å². The van der Waals surface area contributed by atoms with E-state index < -0.39 is 9.84 Å². The highest BCUT2D eigenvalue weighted by molar-refractivity contribution is 7.91. The minimum absolute atomic E-state index is 0.108. The first-order chi connectivity index (χ1) is 9.61. The van der Waals surface area contributed by atoms with Gasteiger partial charge in [-0.1, -0.05) is 12.8 Å². The summed E-state index contributed by atoms with van der Waals surface area (Å²) >= 11 is 0. The van der Waals surface area contributed by atoms with Crippen LogP contribution in [-0.2, 0) is 9.84 Å². The Bertz CT molecular complexity index is 571. The number of hydrogen-bond donors (Lipinski definition) is 2. The summed E-state index contributed by atoms with van der Waals surface area (Å²) in [6, 6.07) is 0.356. The summed E-state index contributed by atoms with van der Waals surface area (Å²) in [7, 11) is -2.90. The van der Waals surface area contributed by atoms with E-state index in [1.807, 2.05) is 0 Å². The van der Waals surface area contributed by atoms with Crippen LogP contribution in [0.5, 0.6) is 0 Å². The Labute approximate surface area is 118 Å². The molecule has 1 saturated carbocycles. The fourth-order valence-corrected chi connectivity index (χ4v) is 4.48. The zero-order chi connectivity index (χ0) is 14.0. The van der Waals surface area contributed by atoms with Crippen molar-refractivity contribution in [3.05, 3.63) is 6.20 Å². The van der Waals surface area contributed by atoms with E-state index in [0.29, 0.717) is 24.2 Å². The molecule has 1 aromatic heterocycles. The van der Waals surface area contributed by atoms with E-state index in [1.165, 1.54) is 12.8 Å². The van der Waals surface area contributed by atoms with Crippen molar-refractivity contribution in [3.63, 3.8) is 0 Å². The highest BCUT2D eigenvalue weighted by Gasteiger charge is 2.28. The van der Waals surface area contributed by atoms with E-state index in [2.05, 4.69) is 25.8 Å². The Kier molecular flexibility index (Phi) is 3.73. The van der Waals surface area contributed by atoms with E-state index in [9.17, 15) is 8.42 Å². The Hall–Kier alpha value is -1.44. The van der Waals surface area contributed by atoms with Gasteiger partial charge in [-0.15, -0.1) is 5.10 Å². The number of anilines is 2. The highest BCUT2D eigenvalue weighted by atomic mass is 32.2. The standard InChI is InChI=1S/C12H19N5O2S/c18-20(19)6-5-10(8-20)15-12-16-11(7-13-17-12)14-9-3-1-2-4-9/h7,9-10H,1-6,8H2,(H2,14,15,16,17).